The largest absolute Gasteiger partial charge is 0.352 e. The fourth-order valence-corrected chi connectivity index (χ4v) is 1.27. The van der Waals surface area contributed by atoms with E-state index in [4.69, 9.17) is 0 Å². The summed E-state index contributed by atoms with van der Waals surface area (Å²) in [4.78, 5) is 11.7. The van der Waals surface area contributed by atoms with Gasteiger partial charge >= 0.3 is 0 Å². The van der Waals surface area contributed by atoms with Crippen LogP contribution >= 0.6 is 0 Å². The van der Waals surface area contributed by atoms with Gasteiger partial charge in [-0.05, 0) is 19.3 Å². The van der Waals surface area contributed by atoms with Gasteiger partial charge in [0.2, 0.25) is 5.91 Å². The normalized spacial score (nSPS) is 11.2. The zero-order valence-electron chi connectivity index (χ0n) is 10.0. The summed E-state index contributed by atoms with van der Waals surface area (Å²) in [5.74, 6) is 0.0665. The number of unbranched alkanes of at least 4 members (excludes halogenated alkanes) is 2. The molecule has 1 N–H and O–H groups in total. The second-order valence-corrected chi connectivity index (χ2v) is 3.64. The Balaban J connectivity index is 4.05. The smallest absolute Gasteiger partial charge is 0.247 e. The molecule has 0 rings (SSSR count). The van der Waals surface area contributed by atoms with Gasteiger partial charge in [-0.2, -0.15) is 0 Å². The Kier molecular flexibility index (Phi) is 8.84. The molecule has 0 aliphatic carbocycles. The Bertz CT molecular complexity index is 219. The average molecular weight is 209 g/mol. The van der Waals surface area contributed by atoms with E-state index in [1.807, 2.05) is 6.08 Å². The Hall–Kier alpha value is -1.05. The van der Waals surface area contributed by atoms with Crippen LogP contribution in [0.4, 0.5) is 0 Å². The molecule has 2 heteroatoms. The number of carbonyl (C=O) groups is 1. The molecule has 0 radical (unpaired) electrons. The third-order valence-electron chi connectivity index (χ3n) is 2.23. The minimum atomic E-state index is 0.0665. The van der Waals surface area contributed by atoms with E-state index >= 15 is 0 Å². The van der Waals surface area contributed by atoms with Crippen LogP contribution in [0.3, 0.4) is 0 Å². The SMILES string of the molecule is C=CC=C(CCCC)C(=O)NCCCC. The van der Waals surface area contributed by atoms with Crippen LogP contribution in [0.2, 0.25) is 0 Å². The molecule has 0 aliphatic rings. The molecule has 1 amide bonds. The minimum absolute atomic E-state index is 0.0665. The third-order valence-corrected chi connectivity index (χ3v) is 2.23. The molecule has 0 aromatic heterocycles. The van der Waals surface area contributed by atoms with Crippen molar-refractivity contribution in [2.24, 2.45) is 0 Å². The number of rotatable bonds is 8. The second-order valence-electron chi connectivity index (χ2n) is 3.64. The van der Waals surface area contributed by atoms with Gasteiger partial charge in [0, 0.05) is 12.1 Å². The molecule has 0 aromatic carbocycles. The molecular formula is C13H23NO. The average Bonchev–Trinajstić information content (AvgIpc) is 2.24. The number of hydrogen-bond donors (Lipinski definition) is 1. The van der Waals surface area contributed by atoms with Crippen molar-refractivity contribution in [3.05, 3.63) is 24.3 Å². The first-order chi connectivity index (χ1) is 7.26. The molecule has 0 heterocycles. The van der Waals surface area contributed by atoms with Crippen LogP contribution in [0.1, 0.15) is 46.0 Å². The van der Waals surface area contributed by atoms with Crippen LogP contribution in [0.5, 0.6) is 0 Å². The van der Waals surface area contributed by atoms with Crippen molar-refractivity contribution >= 4 is 5.91 Å². The van der Waals surface area contributed by atoms with Crippen molar-refractivity contribution in [1.29, 1.82) is 0 Å². The molecule has 0 spiro atoms. The van der Waals surface area contributed by atoms with E-state index in [0.717, 1.165) is 44.2 Å². The third kappa shape index (κ3) is 6.95. The first-order valence-corrected chi connectivity index (χ1v) is 5.86. The molecule has 0 aromatic rings. The van der Waals surface area contributed by atoms with Gasteiger partial charge in [-0.1, -0.05) is 45.4 Å². The Morgan fingerprint density at radius 3 is 2.47 bits per heavy atom. The molecular weight excluding hydrogens is 186 g/mol. The highest BCUT2D eigenvalue weighted by Gasteiger charge is 2.06. The molecule has 0 aliphatic heterocycles. The number of carbonyl (C=O) groups excluding carboxylic acids is 1. The van der Waals surface area contributed by atoms with Crippen molar-refractivity contribution in [3.63, 3.8) is 0 Å². The zero-order chi connectivity index (χ0) is 11.5. The molecule has 86 valence electrons. The first kappa shape index (κ1) is 13.9. The van der Waals surface area contributed by atoms with Crippen LogP contribution in [0.15, 0.2) is 24.3 Å². The highest BCUT2D eigenvalue weighted by atomic mass is 16.1. The van der Waals surface area contributed by atoms with E-state index in [2.05, 4.69) is 25.7 Å². The summed E-state index contributed by atoms with van der Waals surface area (Å²) in [7, 11) is 0. The molecule has 0 saturated heterocycles. The van der Waals surface area contributed by atoms with Crippen molar-refractivity contribution < 1.29 is 4.79 Å². The van der Waals surface area contributed by atoms with E-state index in [0.29, 0.717) is 0 Å². The van der Waals surface area contributed by atoms with Crippen molar-refractivity contribution in [2.45, 2.75) is 46.0 Å². The molecule has 15 heavy (non-hydrogen) atoms. The number of allylic oxidation sites excluding steroid dienone is 2. The standard InChI is InChI=1S/C13H23NO/c1-4-7-10-12(9-6-3)13(15)14-11-8-5-2/h6,9H,3-5,7-8,10-11H2,1-2H3,(H,14,15). The monoisotopic (exact) mass is 209 g/mol. The summed E-state index contributed by atoms with van der Waals surface area (Å²) in [6.07, 6.45) is 8.66. The predicted molar refractivity (Wildman–Crippen MR) is 65.7 cm³/mol. The number of amides is 1. The fraction of sp³-hybridized carbons (Fsp3) is 0.615. The maximum atomic E-state index is 11.7. The van der Waals surface area contributed by atoms with Gasteiger partial charge in [0.15, 0.2) is 0 Å². The predicted octanol–water partition coefficient (Wildman–Crippen LogP) is 3.21. The zero-order valence-corrected chi connectivity index (χ0v) is 10.0. The Morgan fingerprint density at radius 1 is 1.27 bits per heavy atom. The quantitative estimate of drug-likeness (QED) is 0.371. The summed E-state index contributed by atoms with van der Waals surface area (Å²) < 4.78 is 0. The Morgan fingerprint density at radius 2 is 1.93 bits per heavy atom. The van der Waals surface area contributed by atoms with Gasteiger partial charge in [0.25, 0.3) is 0 Å². The maximum Gasteiger partial charge on any atom is 0.247 e. The summed E-state index contributed by atoms with van der Waals surface area (Å²) in [6.45, 7) is 8.65. The molecule has 0 fully saturated rings. The lowest BCUT2D eigenvalue weighted by atomic mass is 10.1. The highest BCUT2D eigenvalue weighted by molar-refractivity contribution is 5.93. The van der Waals surface area contributed by atoms with Gasteiger partial charge in [-0.25, -0.2) is 0 Å². The summed E-state index contributed by atoms with van der Waals surface area (Å²) in [5, 5.41) is 2.92. The highest BCUT2D eigenvalue weighted by Crippen LogP contribution is 2.07. The molecule has 2 nitrogen and oxygen atoms in total. The van der Waals surface area contributed by atoms with E-state index in [1.54, 1.807) is 6.08 Å². The Labute approximate surface area is 93.5 Å². The fourth-order valence-electron chi connectivity index (χ4n) is 1.27. The maximum absolute atomic E-state index is 11.7. The lowest BCUT2D eigenvalue weighted by molar-refractivity contribution is -0.117. The van der Waals surface area contributed by atoms with Gasteiger partial charge in [-0.3, -0.25) is 4.79 Å². The minimum Gasteiger partial charge on any atom is -0.352 e. The summed E-state index contributed by atoms with van der Waals surface area (Å²) in [5.41, 5.74) is 0.850. The van der Waals surface area contributed by atoms with Crippen molar-refractivity contribution in [1.82, 2.24) is 5.32 Å². The van der Waals surface area contributed by atoms with E-state index < -0.39 is 0 Å². The van der Waals surface area contributed by atoms with Crippen LogP contribution in [0.25, 0.3) is 0 Å². The van der Waals surface area contributed by atoms with E-state index in [-0.39, 0.29) is 5.91 Å². The second kappa shape index (κ2) is 9.50. The van der Waals surface area contributed by atoms with Crippen LogP contribution in [-0.2, 0) is 4.79 Å². The topological polar surface area (TPSA) is 29.1 Å². The van der Waals surface area contributed by atoms with Crippen LogP contribution in [0, 0.1) is 0 Å². The van der Waals surface area contributed by atoms with Gasteiger partial charge in [0.1, 0.15) is 0 Å². The van der Waals surface area contributed by atoms with Crippen molar-refractivity contribution in [2.75, 3.05) is 6.54 Å². The van der Waals surface area contributed by atoms with Crippen LogP contribution < -0.4 is 5.32 Å². The lowest BCUT2D eigenvalue weighted by Gasteiger charge is -2.07. The lowest BCUT2D eigenvalue weighted by Crippen LogP contribution is -2.25. The molecule has 0 unspecified atom stereocenters. The van der Waals surface area contributed by atoms with E-state index in [9.17, 15) is 4.79 Å². The number of hydrogen-bond acceptors (Lipinski definition) is 1. The summed E-state index contributed by atoms with van der Waals surface area (Å²) >= 11 is 0. The molecule has 0 bridgehead atoms. The number of nitrogens with one attached hydrogen (secondary N) is 1. The van der Waals surface area contributed by atoms with Crippen molar-refractivity contribution in [3.8, 4) is 0 Å². The molecule has 0 atom stereocenters. The van der Waals surface area contributed by atoms with Gasteiger partial charge in [-0.15, -0.1) is 0 Å². The van der Waals surface area contributed by atoms with Gasteiger partial charge < -0.3 is 5.32 Å². The molecule has 0 saturated carbocycles. The van der Waals surface area contributed by atoms with Gasteiger partial charge in [0.05, 0.1) is 0 Å². The van der Waals surface area contributed by atoms with E-state index in [1.165, 1.54) is 0 Å². The van der Waals surface area contributed by atoms with Crippen LogP contribution in [-0.4, -0.2) is 12.5 Å². The summed E-state index contributed by atoms with van der Waals surface area (Å²) in [6, 6.07) is 0. The first-order valence-electron chi connectivity index (χ1n) is 5.86.